The molecule has 1 atom stereocenters. The minimum absolute atomic E-state index is 0.0581. The van der Waals surface area contributed by atoms with Crippen molar-refractivity contribution >= 4 is 6.09 Å². The number of carbonyl (C=O) groups excluding carboxylic acids is 1. The highest BCUT2D eigenvalue weighted by Gasteiger charge is 2.29. The van der Waals surface area contributed by atoms with Gasteiger partial charge in [-0.3, -0.25) is 10.1 Å². The molecule has 0 bridgehead atoms. The van der Waals surface area contributed by atoms with Crippen LogP contribution >= 0.6 is 0 Å². The van der Waals surface area contributed by atoms with Crippen LogP contribution in [0, 0.1) is 10.1 Å². The summed E-state index contributed by atoms with van der Waals surface area (Å²) >= 11 is 0. The number of hydrogen-bond acceptors (Lipinski definition) is 4. The van der Waals surface area contributed by atoms with Crippen LogP contribution < -0.4 is 0 Å². The van der Waals surface area contributed by atoms with E-state index >= 15 is 0 Å². The van der Waals surface area contributed by atoms with Gasteiger partial charge < -0.3 is 9.64 Å². The summed E-state index contributed by atoms with van der Waals surface area (Å²) in [5, 5.41) is 10.7. The Bertz CT molecular complexity index is 542. The smallest absolute Gasteiger partial charge is 0.410 e. The summed E-state index contributed by atoms with van der Waals surface area (Å²) in [7, 11) is 0. The molecule has 21 heavy (non-hydrogen) atoms. The van der Waals surface area contributed by atoms with E-state index in [2.05, 4.69) is 0 Å². The first-order valence-electron chi connectivity index (χ1n) is 6.88. The Morgan fingerprint density at radius 3 is 2.86 bits per heavy atom. The van der Waals surface area contributed by atoms with Gasteiger partial charge in [0.2, 0.25) is 5.70 Å². The largest absolute Gasteiger partial charge is 0.445 e. The Morgan fingerprint density at radius 1 is 1.48 bits per heavy atom. The number of allylic oxidation sites excluding steroid dienone is 1. The van der Waals surface area contributed by atoms with E-state index < -0.39 is 11.0 Å². The highest BCUT2D eigenvalue weighted by Crippen LogP contribution is 2.21. The molecule has 1 fully saturated rings. The maximum atomic E-state index is 12.1. The fraction of sp³-hybridized carbons (Fsp3) is 0.400. The number of rotatable bonds is 4. The van der Waals surface area contributed by atoms with Crippen molar-refractivity contribution in [3.63, 3.8) is 0 Å². The molecule has 112 valence electrons. The van der Waals surface area contributed by atoms with Crippen LogP contribution in [0.5, 0.6) is 0 Å². The summed E-state index contributed by atoms with van der Waals surface area (Å²) in [5.74, 6) is 0. The Hall–Kier alpha value is -2.37. The van der Waals surface area contributed by atoms with Crippen LogP contribution in [0.4, 0.5) is 4.79 Å². The highest BCUT2D eigenvalue weighted by molar-refractivity contribution is 5.68. The topological polar surface area (TPSA) is 72.7 Å². The molecule has 0 aromatic heterocycles. The molecule has 0 saturated carbocycles. The number of amides is 1. The first kappa shape index (κ1) is 15.0. The standard InChI is InChI=1S/C15H18N2O4/c1-12(17(19)20)10-14-8-5-9-16(14)15(18)21-11-13-6-3-2-4-7-13/h2-4,6-7,10,14H,5,8-9,11H2,1H3/b12-10+/t14-/m0/s1. The summed E-state index contributed by atoms with van der Waals surface area (Å²) in [6, 6.07) is 9.17. The van der Waals surface area contributed by atoms with Crippen LogP contribution in [0.3, 0.4) is 0 Å². The molecule has 1 aliphatic heterocycles. The summed E-state index contributed by atoms with van der Waals surface area (Å²) in [5.41, 5.74) is 0.973. The SMILES string of the molecule is C/C(=C\[C@@H]1CCCN1C(=O)OCc1ccccc1)[N+](=O)[O-]. The minimum atomic E-state index is -0.439. The highest BCUT2D eigenvalue weighted by atomic mass is 16.6. The third-order valence-corrected chi connectivity index (χ3v) is 3.46. The molecule has 1 amide bonds. The quantitative estimate of drug-likeness (QED) is 0.631. The van der Waals surface area contributed by atoms with Crippen molar-refractivity contribution in [3.05, 3.63) is 57.8 Å². The molecule has 1 aliphatic rings. The maximum Gasteiger partial charge on any atom is 0.410 e. The number of likely N-dealkylation sites (tertiary alicyclic amines) is 1. The maximum absolute atomic E-state index is 12.1. The molecule has 0 unspecified atom stereocenters. The van der Waals surface area contributed by atoms with Gasteiger partial charge in [0, 0.05) is 19.5 Å². The molecule has 0 radical (unpaired) electrons. The summed E-state index contributed by atoms with van der Waals surface area (Å²) in [6.07, 6.45) is 2.66. The van der Waals surface area contributed by atoms with E-state index in [-0.39, 0.29) is 18.3 Å². The molecule has 6 nitrogen and oxygen atoms in total. The Balaban J connectivity index is 1.95. The van der Waals surface area contributed by atoms with Gasteiger partial charge in [-0.05, 0) is 18.4 Å². The monoisotopic (exact) mass is 290 g/mol. The van der Waals surface area contributed by atoms with E-state index in [9.17, 15) is 14.9 Å². The lowest BCUT2D eigenvalue weighted by atomic mass is 10.2. The van der Waals surface area contributed by atoms with Crippen molar-refractivity contribution in [2.24, 2.45) is 0 Å². The zero-order valence-corrected chi connectivity index (χ0v) is 11.9. The van der Waals surface area contributed by atoms with Gasteiger partial charge in [0.05, 0.1) is 11.0 Å². The van der Waals surface area contributed by atoms with Crippen molar-refractivity contribution in [2.75, 3.05) is 6.54 Å². The third-order valence-electron chi connectivity index (χ3n) is 3.46. The summed E-state index contributed by atoms with van der Waals surface area (Å²) in [4.78, 5) is 23.9. The first-order chi connectivity index (χ1) is 10.1. The normalized spacial score (nSPS) is 18.6. The number of ether oxygens (including phenoxy) is 1. The van der Waals surface area contributed by atoms with E-state index in [0.717, 1.165) is 18.4 Å². The second-order valence-electron chi connectivity index (χ2n) is 5.01. The lowest BCUT2D eigenvalue weighted by Crippen LogP contribution is -2.35. The van der Waals surface area contributed by atoms with Crippen molar-refractivity contribution < 1.29 is 14.5 Å². The van der Waals surface area contributed by atoms with Crippen molar-refractivity contribution in [2.45, 2.75) is 32.4 Å². The van der Waals surface area contributed by atoms with Crippen LogP contribution in [-0.4, -0.2) is 28.5 Å². The first-order valence-corrected chi connectivity index (χ1v) is 6.88. The fourth-order valence-corrected chi connectivity index (χ4v) is 2.33. The van der Waals surface area contributed by atoms with Crippen molar-refractivity contribution in [1.82, 2.24) is 4.90 Å². The molecule has 1 saturated heterocycles. The van der Waals surface area contributed by atoms with Gasteiger partial charge >= 0.3 is 6.09 Å². The van der Waals surface area contributed by atoms with Gasteiger partial charge in [0.25, 0.3) is 0 Å². The summed E-state index contributed by atoms with van der Waals surface area (Å²) < 4.78 is 5.27. The fourth-order valence-electron chi connectivity index (χ4n) is 2.33. The Labute approximate surface area is 123 Å². The molecule has 2 rings (SSSR count). The van der Waals surface area contributed by atoms with Crippen molar-refractivity contribution in [1.29, 1.82) is 0 Å². The predicted molar refractivity (Wildman–Crippen MR) is 77.1 cm³/mol. The van der Waals surface area contributed by atoms with Gasteiger partial charge in [-0.15, -0.1) is 0 Å². The number of nitrogens with zero attached hydrogens (tertiary/aromatic N) is 2. The number of benzene rings is 1. The molecule has 0 N–H and O–H groups in total. The predicted octanol–water partition coefficient (Wildman–Crippen LogP) is 2.97. The van der Waals surface area contributed by atoms with Crippen LogP contribution in [0.15, 0.2) is 42.1 Å². The molecule has 0 aliphatic carbocycles. The number of carbonyl (C=O) groups is 1. The summed E-state index contributed by atoms with van der Waals surface area (Å²) in [6.45, 7) is 2.21. The van der Waals surface area contributed by atoms with Crippen LogP contribution in [0.2, 0.25) is 0 Å². The minimum Gasteiger partial charge on any atom is -0.445 e. The average Bonchev–Trinajstić information content (AvgIpc) is 2.94. The second-order valence-corrected chi connectivity index (χ2v) is 5.01. The lowest BCUT2D eigenvalue weighted by Gasteiger charge is -2.21. The van der Waals surface area contributed by atoms with E-state index in [0.29, 0.717) is 6.54 Å². The van der Waals surface area contributed by atoms with E-state index in [1.165, 1.54) is 13.0 Å². The van der Waals surface area contributed by atoms with E-state index in [1.54, 1.807) is 4.90 Å². The number of hydrogen-bond donors (Lipinski definition) is 0. The van der Waals surface area contributed by atoms with E-state index in [4.69, 9.17) is 4.74 Å². The third kappa shape index (κ3) is 4.05. The van der Waals surface area contributed by atoms with Gasteiger partial charge in [-0.2, -0.15) is 0 Å². The zero-order valence-electron chi connectivity index (χ0n) is 11.9. The van der Waals surface area contributed by atoms with Gasteiger partial charge in [-0.1, -0.05) is 30.3 Å². The molecule has 1 heterocycles. The molecule has 6 heteroatoms. The molecular weight excluding hydrogens is 272 g/mol. The van der Waals surface area contributed by atoms with Gasteiger partial charge in [-0.25, -0.2) is 4.79 Å². The molecule has 1 aromatic rings. The Morgan fingerprint density at radius 2 is 2.19 bits per heavy atom. The molecule has 0 spiro atoms. The second kappa shape index (κ2) is 6.88. The van der Waals surface area contributed by atoms with Crippen LogP contribution in [0.1, 0.15) is 25.3 Å². The Kier molecular flexibility index (Phi) is 4.92. The van der Waals surface area contributed by atoms with Gasteiger partial charge in [0.1, 0.15) is 6.61 Å². The average molecular weight is 290 g/mol. The van der Waals surface area contributed by atoms with Crippen LogP contribution in [-0.2, 0) is 11.3 Å². The lowest BCUT2D eigenvalue weighted by molar-refractivity contribution is -0.424. The zero-order chi connectivity index (χ0) is 15.2. The molecular formula is C15H18N2O4. The van der Waals surface area contributed by atoms with E-state index in [1.807, 2.05) is 30.3 Å². The van der Waals surface area contributed by atoms with Crippen molar-refractivity contribution in [3.8, 4) is 0 Å². The van der Waals surface area contributed by atoms with Crippen LogP contribution in [0.25, 0.3) is 0 Å². The molecule has 1 aromatic carbocycles. The van der Waals surface area contributed by atoms with Gasteiger partial charge in [0.15, 0.2) is 0 Å². The number of nitro groups is 1.